The van der Waals surface area contributed by atoms with Gasteiger partial charge in [0.05, 0.1) is 0 Å². The van der Waals surface area contributed by atoms with Crippen molar-refractivity contribution in [1.82, 2.24) is 10.2 Å². The molecule has 0 aliphatic heterocycles. The van der Waals surface area contributed by atoms with Crippen LogP contribution >= 0.6 is 0 Å². The van der Waals surface area contributed by atoms with E-state index >= 15 is 0 Å². The Kier molecular flexibility index (Phi) is 4.51. The molecule has 0 saturated heterocycles. The van der Waals surface area contributed by atoms with Crippen LogP contribution in [0.15, 0.2) is 24.3 Å². The van der Waals surface area contributed by atoms with E-state index in [1.54, 1.807) is 12.1 Å². The maximum Gasteiger partial charge on any atom is 0.123 e. The fourth-order valence-corrected chi connectivity index (χ4v) is 2.14. The quantitative estimate of drug-likeness (QED) is 0.731. The van der Waals surface area contributed by atoms with E-state index in [-0.39, 0.29) is 5.82 Å². The van der Waals surface area contributed by atoms with Crippen molar-refractivity contribution in [3.63, 3.8) is 0 Å². The van der Waals surface area contributed by atoms with Crippen LogP contribution in [0.1, 0.15) is 25.3 Å². The van der Waals surface area contributed by atoms with Gasteiger partial charge in [-0.2, -0.15) is 0 Å². The Labute approximate surface area is 103 Å². The molecule has 0 aromatic heterocycles. The molecule has 1 aromatic carbocycles. The summed E-state index contributed by atoms with van der Waals surface area (Å²) in [5, 5.41) is 3.37. The van der Waals surface area contributed by atoms with Crippen molar-refractivity contribution < 1.29 is 4.39 Å². The van der Waals surface area contributed by atoms with Crippen LogP contribution in [0.25, 0.3) is 0 Å². The van der Waals surface area contributed by atoms with Gasteiger partial charge < -0.3 is 5.32 Å². The molecule has 0 radical (unpaired) electrons. The number of nitrogens with one attached hydrogen (secondary N) is 1. The van der Waals surface area contributed by atoms with Crippen LogP contribution in [-0.2, 0) is 6.54 Å². The van der Waals surface area contributed by atoms with E-state index in [1.807, 2.05) is 6.07 Å². The maximum atomic E-state index is 12.9. The molecule has 0 bridgehead atoms. The van der Waals surface area contributed by atoms with E-state index < -0.39 is 0 Å². The molecule has 1 aromatic rings. The predicted molar refractivity (Wildman–Crippen MR) is 68.4 cm³/mol. The molecule has 94 valence electrons. The van der Waals surface area contributed by atoms with Crippen LogP contribution in [0.5, 0.6) is 0 Å². The minimum absolute atomic E-state index is 0.155. The van der Waals surface area contributed by atoms with E-state index in [2.05, 4.69) is 17.1 Å². The normalized spacial score (nSPS) is 15.5. The molecule has 2 nitrogen and oxygen atoms in total. The highest BCUT2D eigenvalue weighted by molar-refractivity contribution is 5.15. The van der Waals surface area contributed by atoms with Crippen LogP contribution in [0.4, 0.5) is 4.39 Å². The molecule has 0 amide bonds. The summed E-state index contributed by atoms with van der Waals surface area (Å²) in [7, 11) is 0. The molecule has 1 aliphatic carbocycles. The van der Waals surface area contributed by atoms with Gasteiger partial charge in [-0.15, -0.1) is 0 Å². The molecule has 1 saturated carbocycles. The van der Waals surface area contributed by atoms with Gasteiger partial charge in [-0.3, -0.25) is 4.90 Å². The summed E-state index contributed by atoms with van der Waals surface area (Å²) in [6.45, 7) is 6.16. The molecule has 0 spiro atoms. The number of hydrogen-bond donors (Lipinski definition) is 1. The molecular weight excluding hydrogens is 215 g/mol. The van der Waals surface area contributed by atoms with Gasteiger partial charge in [0.2, 0.25) is 0 Å². The average Bonchev–Trinajstić information content (AvgIpc) is 3.13. The molecule has 0 atom stereocenters. The first kappa shape index (κ1) is 12.5. The summed E-state index contributed by atoms with van der Waals surface area (Å²) in [6, 6.07) is 7.61. The number of rotatable bonds is 7. The molecule has 3 heteroatoms. The van der Waals surface area contributed by atoms with E-state index in [0.717, 1.165) is 37.8 Å². The van der Waals surface area contributed by atoms with Crippen molar-refractivity contribution in [2.24, 2.45) is 0 Å². The standard InChI is InChI=1S/C14H21FN2/c1-2-17(14-6-7-14)9-8-16-11-12-4-3-5-13(15)10-12/h3-5,10,14,16H,2,6-9,11H2,1H3. The van der Waals surface area contributed by atoms with Crippen LogP contribution in [0.2, 0.25) is 0 Å². The second kappa shape index (κ2) is 6.12. The topological polar surface area (TPSA) is 15.3 Å². The van der Waals surface area contributed by atoms with Gasteiger partial charge in [-0.25, -0.2) is 4.39 Å². The Hall–Kier alpha value is -0.930. The van der Waals surface area contributed by atoms with E-state index in [0.29, 0.717) is 0 Å². The molecule has 1 fully saturated rings. The highest BCUT2D eigenvalue weighted by Crippen LogP contribution is 2.25. The van der Waals surface area contributed by atoms with Gasteiger partial charge >= 0.3 is 0 Å². The van der Waals surface area contributed by atoms with Crippen molar-refractivity contribution in [3.05, 3.63) is 35.6 Å². The number of halogens is 1. The summed E-state index contributed by atoms with van der Waals surface area (Å²) >= 11 is 0. The van der Waals surface area contributed by atoms with Crippen molar-refractivity contribution in [2.45, 2.75) is 32.4 Å². The van der Waals surface area contributed by atoms with E-state index in [9.17, 15) is 4.39 Å². The van der Waals surface area contributed by atoms with Gasteiger partial charge in [0.1, 0.15) is 5.82 Å². The van der Waals surface area contributed by atoms with Crippen molar-refractivity contribution in [2.75, 3.05) is 19.6 Å². The largest absolute Gasteiger partial charge is 0.311 e. The fourth-order valence-electron chi connectivity index (χ4n) is 2.14. The smallest absolute Gasteiger partial charge is 0.123 e. The Morgan fingerprint density at radius 1 is 1.41 bits per heavy atom. The lowest BCUT2D eigenvalue weighted by atomic mass is 10.2. The third-order valence-corrected chi connectivity index (χ3v) is 3.26. The minimum atomic E-state index is -0.155. The second-order valence-corrected chi connectivity index (χ2v) is 4.67. The monoisotopic (exact) mass is 236 g/mol. The number of nitrogens with zero attached hydrogens (tertiary/aromatic N) is 1. The van der Waals surface area contributed by atoms with E-state index in [4.69, 9.17) is 0 Å². The second-order valence-electron chi connectivity index (χ2n) is 4.67. The first-order chi connectivity index (χ1) is 8.29. The summed E-state index contributed by atoms with van der Waals surface area (Å²) in [5.41, 5.74) is 1.01. The highest BCUT2D eigenvalue weighted by Gasteiger charge is 2.26. The SMILES string of the molecule is CCN(CCNCc1cccc(F)c1)C1CC1. The van der Waals surface area contributed by atoms with Crippen LogP contribution in [0.3, 0.4) is 0 Å². The lowest BCUT2D eigenvalue weighted by Crippen LogP contribution is -2.33. The zero-order valence-electron chi connectivity index (χ0n) is 10.5. The first-order valence-electron chi connectivity index (χ1n) is 6.49. The van der Waals surface area contributed by atoms with Crippen molar-refractivity contribution >= 4 is 0 Å². The van der Waals surface area contributed by atoms with Gasteiger partial charge in [0.15, 0.2) is 0 Å². The predicted octanol–water partition coefficient (Wildman–Crippen LogP) is 2.40. The Bertz CT molecular complexity index is 350. The van der Waals surface area contributed by atoms with Crippen LogP contribution in [-0.4, -0.2) is 30.6 Å². The van der Waals surface area contributed by atoms with Gasteiger partial charge in [0.25, 0.3) is 0 Å². The summed E-state index contributed by atoms with van der Waals surface area (Å²) < 4.78 is 12.9. The molecule has 1 aliphatic rings. The number of hydrogen-bond acceptors (Lipinski definition) is 2. The third kappa shape index (κ3) is 4.10. The lowest BCUT2D eigenvalue weighted by Gasteiger charge is -2.19. The number of likely N-dealkylation sites (N-methyl/N-ethyl adjacent to an activating group) is 1. The zero-order chi connectivity index (χ0) is 12.1. The van der Waals surface area contributed by atoms with Crippen LogP contribution in [0, 0.1) is 5.82 Å². The van der Waals surface area contributed by atoms with Crippen molar-refractivity contribution in [3.8, 4) is 0 Å². The minimum Gasteiger partial charge on any atom is -0.311 e. The molecular formula is C14H21FN2. The van der Waals surface area contributed by atoms with Crippen LogP contribution < -0.4 is 5.32 Å². The molecule has 0 heterocycles. The fraction of sp³-hybridized carbons (Fsp3) is 0.571. The first-order valence-corrected chi connectivity index (χ1v) is 6.49. The molecule has 0 unspecified atom stereocenters. The van der Waals surface area contributed by atoms with Gasteiger partial charge in [-0.1, -0.05) is 19.1 Å². The molecule has 17 heavy (non-hydrogen) atoms. The third-order valence-electron chi connectivity index (χ3n) is 3.26. The van der Waals surface area contributed by atoms with Crippen molar-refractivity contribution in [1.29, 1.82) is 0 Å². The van der Waals surface area contributed by atoms with E-state index in [1.165, 1.54) is 18.9 Å². The van der Waals surface area contributed by atoms with Gasteiger partial charge in [0, 0.05) is 25.7 Å². The molecule has 2 rings (SSSR count). The molecule has 1 N–H and O–H groups in total. The maximum absolute atomic E-state index is 12.9. The summed E-state index contributed by atoms with van der Waals surface area (Å²) in [5.74, 6) is -0.155. The highest BCUT2D eigenvalue weighted by atomic mass is 19.1. The average molecular weight is 236 g/mol. The summed E-state index contributed by atoms with van der Waals surface area (Å²) in [4.78, 5) is 2.51. The Morgan fingerprint density at radius 3 is 2.88 bits per heavy atom. The Morgan fingerprint density at radius 2 is 2.24 bits per heavy atom. The van der Waals surface area contributed by atoms with Gasteiger partial charge in [-0.05, 0) is 37.1 Å². The lowest BCUT2D eigenvalue weighted by molar-refractivity contribution is 0.277. The Balaban J connectivity index is 1.65. The zero-order valence-corrected chi connectivity index (χ0v) is 10.5. The summed E-state index contributed by atoms with van der Waals surface area (Å²) in [6.07, 6.45) is 2.72. The number of benzene rings is 1.